The highest BCUT2D eigenvalue weighted by atomic mass is 79.9. The highest BCUT2D eigenvalue weighted by Gasteiger charge is 2.09. The lowest BCUT2D eigenvalue weighted by Gasteiger charge is -1.98. The maximum absolute atomic E-state index is 10.8. The van der Waals surface area contributed by atoms with Crippen LogP contribution in [0.1, 0.15) is 5.69 Å². The summed E-state index contributed by atoms with van der Waals surface area (Å²) in [6.07, 6.45) is 0. The molecule has 0 amide bonds. The summed E-state index contributed by atoms with van der Waals surface area (Å²) < 4.78 is 22.1. The van der Waals surface area contributed by atoms with Gasteiger partial charge in [-0.15, -0.1) is 11.3 Å². The molecule has 1 heterocycles. The van der Waals surface area contributed by atoms with Crippen molar-refractivity contribution in [2.45, 2.75) is 11.8 Å². The zero-order valence-corrected chi connectivity index (χ0v) is 12.2. The van der Waals surface area contributed by atoms with Gasteiger partial charge in [-0.1, -0.05) is 12.1 Å². The second-order valence-electron chi connectivity index (χ2n) is 3.11. The highest BCUT2D eigenvalue weighted by Crippen LogP contribution is 2.19. The Kier molecular flexibility index (Phi) is 5.26. The summed E-state index contributed by atoms with van der Waals surface area (Å²) in [6, 6.07) is 6.41. The van der Waals surface area contributed by atoms with E-state index in [1.165, 1.54) is 6.07 Å². The molecule has 0 saturated heterocycles. The molecule has 0 radical (unpaired) electrons. The molecular weight excluding hydrogens is 324 g/mol. The minimum atomic E-state index is -3.58. The summed E-state index contributed by atoms with van der Waals surface area (Å²) in [5, 5.41) is 6.91. The van der Waals surface area contributed by atoms with Crippen molar-refractivity contribution >= 4 is 37.3 Å². The van der Waals surface area contributed by atoms with E-state index in [0.29, 0.717) is 4.47 Å². The molecule has 0 bridgehead atoms. The van der Waals surface area contributed by atoms with Gasteiger partial charge in [0.05, 0.1) is 10.4 Å². The molecule has 0 unspecified atom stereocenters. The predicted octanol–water partition coefficient (Wildman–Crippen LogP) is 2.55. The zero-order valence-electron chi connectivity index (χ0n) is 9.00. The third-order valence-corrected chi connectivity index (χ3v) is 4.33. The van der Waals surface area contributed by atoms with Crippen LogP contribution in [0.3, 0.4) is 0 Å². The van der Waals surface area contributed by atoms with E-state index in [1.54, 1.807) is 29.5 Å². The average Bonchev–Trinajstić information content (AvgIpc) is 2.69. The van der Waals surface area contributed by atoms with Gasteiger partial charge in [0.25, 0.3) is 0 Å². The predicted molar refractivity (Wildman–Crippen MR) is 72.4 cm³/mol. The van der Waals surface area contributed by atoms with Crippen LogP contribution >= 0.6 is 27.3 Å². The van der Waals surface area contributed by atoms with Crippen LogP contribution in [0.15, 0.2) is 44.5 Å². The van der Waals surface area contributed by atoms with Gasteiger partial charge < -0.3 is 0 Å². The van der Waals surface area contributed by atoms with Crippen molar-refractivity contribution in [3.63, 3.8) is 0 Å². The minimum Gasteiger partial charge on any atom is -0.250 e. The van der Waals surface area contributed by atoms with Crippen LogP contribution in [0.5, 0.6) is 0 Å². The molecule has 1 aromatic carbocycles. The van der Waals surface area contributed by atoms with E-state index in [1.807, 2.05) is 17.8 Å². The van der Waals surface area contributed by atoms with E-state index >= 15 is 0 Å². The Hall–Kier alpha value is -0.760. The zero-order chi connectivity index (χ0) is 12.9. The van der Waals surface area contributed by atoms with Gasteiger partial charge in [0, 0.05) is 15.5 Å². The number of nitrogens with zero attached hydrogens (tertiary/aromatic N) is 1. The van der Waals surface area contributed by atoms with Crippen molar-refractivity contribution in [1.82, 2.24) is 4.98 Å². The molecule has 0 aliphatic carbocycles. The molecule has 2 N–H and O–H groups in total. The lowest BCUT2D eigenvalue weighted by molar-refractivity contribution is 0.597. The quantitative estimate of drug-likeness (QED) is 0.870. The van der Waals surface area contributed by atoms with Gasteiger partial charge in [-0.2, -0.15) is 0 Å². The largest absolute Gasteiger partial charge is 0.250 e. The summed E-state index contributed by atoms with van der Waals surface area (Å²) in [6.45, 7) is 1.98. The van der Waals surface area contributed by atoms with Crippen LogP contribution in [0.4, 0.5) is 0 Å². The SMILES string of the molecule is Cc1cscn1.NS(=O)(=O)c1ccccc1Br. The van der Waals surface area contributed by atoms with E-state index < -0.39 is 10.0 Å². The number of rotatable bonds is 1. The first-order chi connectivity index (χ1) is 7.91. The number of hydrogen-bond donors (Lipinski definition) is 1. The standard InChI is InChI=1S/C6H6BrNO2S.C4H5NS/c7-5-3-1-2-4-6(5)11(8,9)10;1-4-2-6-3-5-4/h1-4H,(H2,8,9,10);2-3H,1H3. The minimum absolute atomic E-state index is 0.111. The van der Waals surface area contributed by atoms with E-state index in [4.69, 9.17) is 5.14 Å². The molecule has 0 saturated carbocycles. The first-order valence-corrected chi connectivity index (χ1v) is 7.81. The van der Waals surface area contributed by atoms with Crippen LogP contribution in [-0.4, -0.2) is 13.4 Å². The van der Waals surface area contributed by atoms with E-state index in [2.05, 4.69) is 20.9 Å². The number of sulfonamides is 1. The molecule has 0 fully saturated rings. The van der Waals surface area contributed by atoms with Gasteiger partial charge in [0.15, 0.2) is 0 Å². The Morgan fingerprint density at radius 2 is 2.00 bits per heavy atom. The van der Waals surface area contributed by atoms with E-state index in [0.717, 1.165) is 5.69 Å². The fraction of sp³-hybridized carbons (Fsp3) is 0.100. The molecule has 17 heavy (non-hydrogen) atoms. The number of nitrogens with two attached hydrogens (primary N) is 1. The molecule has 2 rings (SSSR count). The molecule has 0 atom stereocenters. The second-order valence-corrected chi connectivity index (χ2v) is 6.21. The van der Waals surface area contributed by atoms with Gasteiger partial charge in [0.2, 0.25) is 10.0 Å². The van der Waals surface area contributed by atoms with Gasteiger partial charge >= 0.3 is 0 Å². The normalized spacial score (nSPS) is 10.5. The molecule has 2 aromatic rings. The Bertz CT molecular complexity index is 568. The Morgan fingerprint density at radius 3 is 2.29 bits per heavy atom. The van der Waals surface area contributed by atoms with Crippen LogP contribution in [0, 0.1) is 6.92 Å². The number of thiazole rings is 1. The molecule has 0 spiro atoms. The van der Waals surface area contributed by atoms with Crippen LogP contribution < -0.4 is 5.14 Å². The summed E-state index contributed by atoms with van der Waals surface area (Å²) in [5.74, 6) is 0. The molecule has 0 aliphatic heterocycles. The summed E-state index contributed by atoms with van der Waals surface area (Å²) in [4.78, 5) is 4.05. The number of benzene rings is 1. The van der Waals surface area contributed by atoms with Crippen LogP contribution in [-0.2, 0) is 10.0 Å². The van der Waals surface area contributed by atoms with Crippen molar-refractivity contribution in [2.75, 3.05) is 0 Å². The number of hydrogen-bond acceptors (Lipinski definition) is 4. The molecule has 1 aromatic heterocycles. The van der Waals surface area contributed by atoms with E-state index in [-0.39, 0.29) is 4.90 Å². The summed E-state index contributed by atoms with van der Waals surface area (Å²) >= 11 is 4.70. The van der Waals surface area contributed by atoms with Gasteiger partial charge in [0.1, 0.15) is 0 Å². The lowest BCUT2D eigenvalue weighted by Crippen LogP contribution is -2.12. The maximum atomic E-state index is 10.8. The first-order valence-electron chi connectivity index (χ1n) is 4.53. The van der Waals surface area contributed by atoms with Crippen molar-refractivity contribution in [1.29, 1.82) is 0 Å². The molecule has 7 heteroatoms. The fourth-order valence-corrected chi connectivity index (χ4v) is 3.06. The Labute approximate surface area is 113 Å². The molecule has 0 aliphatic rings. The highest BCUT2D eigenvalue weighted by molar-refractivity contribution is 9.10. The van der Waals surface area contributed by atoms with Crippen molar-refractivity contribution in [3.05, 3.63) is 45.3 Å². The van der Waals surface area contributed by atoms with Gasteiger partial charge in [-0.05, 0) is 35.0 Å². The Morgan fingerprint density at radius 1 is 1.35 bits per heavy atom. The third kappa shape index (κ3) is 4.95. The number of primary sulfonamides is 1. The number of aromatic nitrogens is 1. The lowest BCUT2D eigenvalue weighted by atomic mass is 10.4. The van der Waals surface area contributed by atoms with Crippen molar-refractivity contribution in [2.24, 2.45) is 5.14 Å². The average molecular weight is 335 g/mol. The van der Waals surface area contributed by atoms with E-state index in [9.17, 15) is 8.42 Å². The monoisotopic (exact) mass is 334 g/mol. The summed E-state index contributed by atoms with van der Waals surface area (Å²) in [7, 11) is -3.58. The van der Waals surface area contributed by atoms with Crippen molar-refractivity contribution < 1.29 is 8.42 Å². The number of halogens is 1. The van der Waals surface area contributed by atoms with Gasteiger partial charge in [-0.3, -0.25) is 4.98 Å². The Balaban J connectivity index is 0.000000202. The van der Waals surface area contributed by atoms with Crippen molar-refractivity contribution in [3.8, 4) is 0 Å². The topological polar surface area (TPSA) is 73.0 Å². The number of aryl methyl sites for hydroxylation is 1. The van der Waals surface area contributed by atoms with Crippen LogP contribution in [0.2, 0.25) is 0 Å². The first kappa shape index (κ1) is 14.3. The second kappa shape index (κ2) is 6.25. The van der Waals surface area contributed by atoms with Gasteiger partial charge in [-0.25, -0.2) is 13.6 Å². The summed E-state index contributed by atoms with van der Waals surface area (Å²) in [5.41, 5.74) is 2.94. The molecule has 92 valence electrons. The molecular formula is C10H11BrN2O2S2. The third-order valence-electron chi connectivity index (χ3n) is 1.70. The molecule has 4 nitrogen and oxygen atoms in total. The smallest absolute Gasteiger partial charge is 0.239 e. The fourth-order valence-electron chi connectivity index (χ4n) is 0.948. The van der Waals surface area contributed by atoms with Crippen LogP contribution in [0.25, 0.3) is 0 Å². The maximum Gasteiger partial charge on any atom is 0.239 e.